The van der Waals surface area contributed by atoms with Gasteiger partial charge in [0.2, 0.25) is 5.91 Å². The summed E-state index contributed by atoms with van der Waals surface area (Å²) >= 11 is 0. The number of carbonyl (C=O) groups excluding carboxylic acids is 1. The molecule has 0 radical (unpaired) electrons. The summed E-state index contributed by atoms with van der Waals surface area (Å²) in [5, 5.41) is 0. The molecule has 74 valence electrons. The molecule has 0 atom stereocenters. The fourth-order valence-electron chi connectivity index (χ4n) is 1.50. The summed E-state index contributed by atoms with van der Waals surface area (Å²) in [6.07, 6.45) is 3.67. The summed E-state index contributed by atoms with van der Waals surface area (Å²) in [5.41, 5.74) is 5.38. The van der Waals surface area contributed by atoms with Crippen LogP contribution in [-0.4, -0.2) is 30.4 Å². The molecule has 0 unspecified atom stereocenters. The molecule has 0 aromatic carbocycles. The Kier molecular flexibility index (Phi) is 3.09. The maximum absolute atomic E-state index is 11.9. The lowest BCUT2D eigenvalue weighted by Gasteiger charge is -2.24. The maximum atomic E-state index is 11.9. The molecule has 1 saturated carbocycles. The molecule has 2 N–H and O–H groups in total. The Hall–Kier alpha value is -0.830. The number of hydrogen-bond acceptors (Lipinski definition) is 2. The number of likely N-dealkylation sites (N-methyl/N-ethyl adjacent to an activating group) is 1. The largest absolute Gasteiger partial charge is 0.339 e. The van der Waals surface area contributed by atoms with Gasteiger partial charge in [-0.1, -0.05) is 6.08 Å². The standard InChI is InChI=1S/C10H18N2O/c1-3-7-12(4-2)9(13)10(8-11)5-6-10/h3H,1,4-8,11H2,2H3. The molecule has 1 aliphatic rings. The summed E-state index contributed by atoms with van der Waals surface area (Å²) in [6, 6.07) is 0. The molecule has 0 saturated heterocycles. The lowest BCUT2D eigenvalue weighted by Crippen LogP contribution is -2.40. The molecule has 1 aliphatic carbocycles. The SMILES string of the molecule is C=CCN(CC)C(=O)C1(CN)CC1. The van der Waals surface area contributed by atoms with Crippen molar-refractivity contribution >= 4 is 5.91 Å². The molecule has 1 amide bonds. The van der Waals surface area contributed by atoms with Crippen molar-refractivity contribution in [3.05, 3.63) is 12.7 Å². The van der Waals surface area contributed by atoms with Crippen molar-refractivity contribution in [2.75, 3.05) is 19.6 Å². The fraction of sp³-hybridized carbons (Fsp3) is 0.700. The summed E-state index contributed by atoms with van der Waals surface area (Å²) in [4.78, 5) is 13.7. The third-order valence-electron chi connectivity index (χ3n) is 2.72. The summed E-state index contributed by atoms with van der Waals surface area (Å²) in [6.45, 7) is 7.48. The van der Waals surface area contributed by atoms with Gasteiger partial charge in [0.25, 0.3) is 0 Å². The van der Waals surface area contributed by atoms with E-state index in [0.29, 0.717) is 13.1 Å². The Bertz CT molecular complexity index is 209. The van der Waals surface area contributed by atoms with E-state index in [4.69, 9.17) is 5.73 Å². The van der Waals surface area contributed by atoms with Crippen molar-refractivity contribution < 1.29 is 4.79 Å². The van der Waals surface area contributed by atoms with E-state index in [2.05, 4.69) is 6.58 Å². The van der Waals surface area contributed by atoms with E-state index >= 15 is 0 Å². The van der Waals surface area contributed by atoms with Crippen LogP contribution in [0.15, 0.2) is 12.7 Å². The number of nitrogens with two attached hydrogens (primary N) is 1. The Morgan fingerprint density at radius 1 is 1.69 bits per heavy atom. The van der Waals surface area contributed by atoms with Crippen LogP contribution in [0.25, 0.3) is 0 Å². The monoisotopic (exact) mass is 182 g/mol. The average Bonchev–Trinajstić information content (AvgIpc) is 2.93. The zero-order valence-electron chi connectivity index (χ0n) is 8.25. The second kappa shape index (κ2) is 3.92. The molecule has 0 spiro atoms. The average molecular weight is 182 g/mol. The summed E-state index contributed by atoms with van der Waals surface area (Å²) in [7, 11) is 0. The number of rotatable bonds is 5. The van der Waals surface area contributed by atoms with Crippen LogP contribution in [0.5, 0.6) is 0 Å². The molecule has 1 fully saturated rings. The van der Waals surface area contributed by atoms with Crippen molar-refractivity contribution in [3.63, 3.8) is 0 Å². The van der Waals surface area contributed by atoms with Gasteiger partial charge in [-0.3, -0.25) is 4.79 Å². The van der Waals surface area contributed by atoms with E-state index < -0.39 is 0 Å². The molecule has 0 heterocycles. The predicted molar refractivity (Wildman–Crippen MR) is 53.2 cm³/mol. The Balaban J connectivity index is 2.58. The van der Waals surface area contributed by atoms with Crippen LogP contribution >= 0.6 is 0 Å². The highest BCUT2D eigenvalue weighted by atomic mass is 16.2. The van der Waals surface area contributed by atoms with Crippen molar-refractivity contribution in [2.45, 2.75) is 19.8 Å². The predicted octanol–water partition coefficient (Wildman–Crippen LogP) is 0.760. The van der Waals surface area contributed by atoms with Crippen LogP contribution in [0.4, 0.5) is 0 Å². The van der Waals surface area contributed by atoms with Crippen molar-refractivity contribution in [1.29, 1.82) is 0 Å². The molecule has 3 nitrogen and oxygen atoms in total. The van der Waals surface area contributed by atoms with Crippen LogP contribution in [-0.2, 0) is 4.79 Å². The lowest BCUT2D eigenvalue weighted by molar-refractivity contribution is -0.135. The van der Waals surface area contributed by atoms with Crippen LogP contribution in [0.2, 0.25) is 0 Å². The minimum absolute atomic E-state index is 0.206. The molecule has 0 aromatic rings. The van der Waals surface area contributed by atoms with E-state index in [-0.39, 0.29) is 11.3 Å². The Morgan fingerprint density at radius 3 is 2.62 bits per heavy atom. The normalized spacial score (nSPS) is 18.0. The van der Waals surface area contributed by atoms with E-state index in [9.17, 15) is 4.79 Å². The van der Waals surface area contributed by atoms with Gasteiger partial charge < -0.3 is 10.6 Å². The number of nitrogens with zero attached hydrogens (tertiary/aromatic N) is 1. The van der Waals surface area contributed by atoms with Crippen molar-refractivity contribution in [1.82, 2.24) is 4.90 Å². The molecule has 0 bridgehead atoms. The van der Waals surface area contributed by atoms with Gasteiger partial charge in [-0.15, -0.1) is 6.58 Å². The van der Waals surface area contributed by atoms with Gasteiger partial charge in [-0.25, -0.2) is 0 Å². The van der Waals surface area contributed by atoms with Crippen LogP contribution in [0.3, 0.4) is 0 Å². The van der Waals surface area contributed by atoms with Gasteiger partial charge >= 0.3 is 0 Å². The second-order valence-corrected chi connectivity index (χ2v) is 3.62. The van der Waals surface area contributed by atoms with Gasteiger partial charge in [0.15, 0.2) is 0 Å². The lowest BCUT2D eigenvalue weighted by atomic mass is 10.1. The highest BCUT2D eigenvalue weighted by Crippen LogP contribution is 2.46. The minimum Gasteiger partial charge on any atom is -0.339 e. The zero-order chi connectivity index (χ0) is 9.90. The fourth-order valence-corrected chi connectivity index (χ4v) is 1.50. The van der Waals surface area contributed by atoms with Crippen molar-refractivity contribution in [3.8, 4) is 0 Å². The quantitative estimate of drug-likeness (QED) is 0.638. The summed E-state index contributed by atoms with van der Waals surface area (Å²) in [5.74, 6) is 0.206. The first kappa shape index (κ1) is 10.3. The van der Waals surface area contributed by atoms with Gasteiger partial charge in [-0.2, -0.15) is 0 Å². The van der Waals surface area contributed by atoms with E-state index in [1.54, 1.807) is 6.08 Å². The van der Waals surface area contributed by atoms with E-state index in [1.165, 1.54) is 0 Å². The Morgan fingerprint density at radius 2 is 2.31 bits per heavy atom. The van der Waals surface area contributed by atoms with E-state index in [1.807, 2.05) is 11.8 Å². The second-order valence-electron chi connectivity index (χ2n) is 3.62. The molecular weight excluding hydrogens is 164 g/mol. The van der Waals surface area contributed by atoms with Gasteiger partial charge in [0.05, 0.1) is 5.41 Å². The molecule has 3 heteroatoms. The van der Waals surface area contributed by atoms with Gasteiger partial charge in [0, 0.05) is 19.6 Å². The smallest absolute Gasteiger partial charge is 0.230 e. The maximum Gasteiger partial charge on any atom is 0.230 e. The first-order valence-electron chi connectivity index (χ1n) is 4.80. The van der Waals surface area contributed by atoms with Crippen LogP contribution in [0.1, 0.15) is 19.8 Å². The minimum atomic E-state index is -0.209. The van der Waals surface area contributed by atoms with Gasteiger partial charge in [-0.05, 0) is 19.8 Å². The van der Waals surface area contributed by atoms with Crippen LogP contribution < -0.4 is 5.73 Å². The number of hydrogen-bond donors (Lipinski definition) is 1. The molecule has 0 aromatic heterocycles. The topological polar surface area (TPSA) is 46.3 Å². The van der Waals surface area contributed by atoms with E-state index in [0.717, 1.165) is 19.4 Å². The first-order chi connectivity index (χ1) is 6.20. The third kappa shape index (κ3) is 1.91. The van der Waals surface area contributed by atoms with Crippen molar-refractivity contribution in [2.24, 2.45) is 11.1 Å². The summed E-state index contributed by atoms with van der Waals surface area (Å²) < 4.78 is 0. The number of amides is 1. The highest BCUT2D eigenvalue weighted by molar-refractivity contribution is 5.85. The molecule has 1 rings (SSSR count). The first-order valence-corrected chi connectivity index (χ1v) is 4.80. The highest BCUT2D eigenvalue weighted by Gasteiger charge is 2.49. The molecule has 13 heavy (non-hydrogen) atoms. The molecule has 0 aliphatic heterocycles. The number of carbonyl (C=O) groups is 1. The zero-order valence-corrected chi connectivity index (χ0v) is 8.25. The Labute approximate surface area is 79.6 Å². The van der Waals surface area contributed by atoms with Crippen LogP contribution in [0, 0.1) is 5.41 Å². The third-order valence-corrected chi connectivity index (χ3v) is 2.72. The van der Waals surface area contributed by atoms with Gasteiger partial charge in [0.1, 0.15) is 0 Å². The molecular formula is C10H18N2O.